The molecule has 86 valence electrons. The van der Waals surface area contributed by atoms with E-state index < -0.39 is 0 Å². The standard InChI is InChI=1S/C10H16N6/c1-4-5-11-10-14-8-7(12-6-13-8)9(15-10)16(2)3/h6H,4-5H2,1-3H3,(H2,11,12,13,14,15). The highest BCUT2D eigenvalue weighted by molar-refractivity contribution is 5.83. The van der Waals surface area contributed by atoms with Gasteiger partial charge in [0.05, 0.1) is 6.33 Å². The SMILES string of the molecule is CCCNc1nc(N(C)C)c2nc[nH]c2n1. The molecule has 0 spiro atoms. The van der Waals surface area contributed by atoms with Gasteiger partial charge in [0.15, 0.2) is 17.0 Å². The predicted octanol–water partition coefficient (Wildman–Crippen LogP) is 1.24. The Bertz CT molecular complexity index is 475. The van der Waals surface area contributed by atoms with Crippen molar-refractivity contribution < 1.29 is 0 Å². The van der Waals surface area contributed by atoms with Gasteiger partial charge < -0.3 is 15.2 Å². The molecule has 0 saturated heterocycles. The van der Waals surface area contributed by atoms with Crippen LogP contribution in [0.15, 0.2) is 6.33 Å². The third-order valence-electron chi connectivity index (χ3n) is 2.22. The van der Waals surface area contributed by atoms with E-state index in [1.165, 1.54) is 0 Å². The number of anilines is 2. The summed E-state index contributed by atoms with van der Waals surface area (Å²) in [7, 11) is 3.89. The van der Waals surface area contributed by atoms with Crippen LogP contribution in [0.2, 0.25) is 0 Å². The molecule has 0 aliphatic rings. The van der Waals surface area contributed by atoms with Gasteiger partial charge in [-0.1, -0.05) is 6.92 Å². The van der Waals surface area contributed by atoms with Crippen molar-refractivity contribution in [2.45, 2.75) is 13.3 Å². The summed E-state index contributed by atoms with van der Waals surface area (Å²) >= 11 is 0. The van der Waals surface area contributed by atoms with Gasteiger partial charge in [0.1, 0.15) is 0 Å². The fourth-order valence-corrected chi connectivity index (χ4v) is 1.45. The predicted molar refractivity (Wildman–Crippen MR) is 64.8 cm³/mol. The summed E-state index contributed by atoms with van der Waals surface area (Å²) in [6.07, 6.45) is 2.68. The topological polar surface area (TPSA) is 69.7 Å². The molecule has 0 aliphatic heterocycles. The lowest BCUT2D eigenvalue weighted by Gasteiger charge is -2.13. The molecule has 6 heteroatoms. The second-order valence-electron chi connectivity index (χ2n) is 3.79. The van der Waals surface area contributed by atoms with E-state index >= 15 is 0 Å². The number of nitrogens with one attached hydrogen (secondary N) is 2. The first kappa shape index (κ1) is 10.7. The first-order valence-electron chi connectivity index (χ1n) is 5.34. The highest BCUT2D eigenvalue weighted by Crippen LogP contribution is 2.20. The molecule has 6 nitrogen and oxygen atoms in total. The van der Waals surface area contributed by atoms with Crippen molar-refractivity contribution in [3.8, 4) is 0 Å². The van der Waals surface area contributed by atoms with Crippen LogP contribution in [0.5, 0.6) is 0 Å². The average molecular weight is 220 g/mol. The normalized spacial score (nSPS) is 10.7. The highest BCUT2D eigenvalue weighted by Gasteiger charge is 2.10. The first-order valence-corrected chi connectivity index (χ1v) is 5.34. The van der Waals surface area contributed by atoms with Gasteiger partial charge in [0.25, 0.3) is 0 Å². The van der Waals surface area contributed by atoms with Gasteiger partial charge in [-0.2, -0.15) is 9.97 Å². The third kappa shape index (κ3) is 1.91. The summed E-state index contributed by atoms with van der Waals surface area (Å²) in [5, 5.41) is 3.17. The van der Waals surface area contributed by atoms with Crippen LogP contribution in [0.4, 0.5) is 11.8 Å². The maximum absolute atomic E-state index is 4.43. The number of nitrogens with zero attached hydrogens (tertiary/aromatic N) is 4. The van der Waals surface area contributed by atoms with Gasteiger partial charge in [0, 0.05) is 20.6 Å². The smallest absolute Gasteiger partial charge is 0.226 e. The molecule has 0 radical (unpaired) electrons. The minimum absolute atomic E-state index is 0.641. The van der Waals surface area contributed by atoms with Crippen LogP contribution in [0.1, 0.15) is 13.3 Å². The summed E-state index contributed by atoms with van der Waals surface area (Å²) in [5.74, 6) is 1.46. The molecule has 2 aromatic heterocycles. The van der Waals surface area contributed by atoms with Crippen molar-refractivity contribution in [1.29, 1.82) is 0 Å². The zero-order valence-electron chi connectivity index (χ0n) is 9.78. The molecule has 2 N–H and O–H groups in total. The average Bonchev–Trinajstić information content (AvgIpc) is 2.72. The molecule has 0 saturated carbocycles. The highest BCUT2D eigenvalue weighted by atomic mass is 15.2. The van der Waals surface area contributed by atoms with E-state index in [1.54, 1.807) is 6.33 Å². The van der Waals surface area contributed by atoms with Gasteiger partial charge >= 0.3 is 0 Å². The summed E-state index contributed by atoms with van der Waals surface area (Å²) in [6, 6.07) is 0. The summed E-state index contributed by atoms with van der Waals surface area (Å²) < 4.78 is 0. The molecular formula is C10H16N6. The molecule has 2 aromatic rings. The zero-order valence-corrected chi connectivity index (χ0v) is 9.78. The lowest BCUT2D eigenvalue weighted by Crippen LogP contribution is -2.14. The van der Waals surface area contributed by atoms with Gasteiger partial charge in [0.2, 0.25) is 5.95 Å². The second-order valence-corrected chi connectivity index (χ2v) is 3.79. The monoisotopic (exact) mass is 220 g/mol. The molecular weight excluding hydrogens is 204 g/mol. The maximum Gasteiger partial charge on any atom is 0.226 e. The number of aromatic amines is 1. The Morgan fingerprint density at radius 1 is 1.38 bits per heavy atom. The molecule has 0 bridgehead atoms. The van der Waals surface area contributed by atoms with Gasteiger partial charge in [-0.05, 0) is 6.42 Å². The van der Waals surface area contributed by atoms with Crippen molar-refractivity contribution >= 4 is 22.9 Å². The van der Waals surface area contributed by atoms with Crippen molar-refractivity contribution in [3.05, 3.63) is 6.33 Å². The van der Waals surface area contributed by atoms with E-state index in [2.05, 4.69) is 32.2 Å². The Morgan fingerprint density at radius 3 is 2.88 bits per heavy atom. The van der Waals surface area contributed by atoms with Crippen LogP contribution in [0.3, 0.4) is 0 Å². The summed E-state index contributed by atoms with van der Waals surface area (Å²) in [5.41, 5.74) is 1.56. The largest absolute Gasteiger partial charge is 0.361 e. The van der Waals surface area contributed by atoms with Crippen molar-refractivity contribution in [2.24, 2.45) is 0 Å². The molecule has 0 unspecified atom stereocenters. The van der Waals surface area contributed by atoms with Gasteiger partial charge in [-0.25, -0.2) is 4.98 Å². The van der Waals surface area contributed by atoms with Crippen molar-refractivity contribution in [3.63, 3.8) is 0 Å². The Morgan fingerprint density at radius 2 is 2.19 bits per heavy atom. The molecule has 2 heterocycles. The summed E-state index contributed by atoms with van der Waals surface area (Å²) in [4.78, 5) is 17.9. The number of hydrogen-bond donors (Lipinski definition) is 2. The maximum atomic E-state index is 4.43. The lowest BCUT2D eigenvalue weighted by molar-refractivity contribution is 0.950. The summed E-state index contributed by atoms with van der Waals surface area (Å²) in [6.45, 7) is 2.97. The van der Waals surface area contributed by atoms with E-state index in [4.69, 9.17) is 0 Å². The number of aromatic nitrogens is 4. The third-order valence-corrected chi connectivity index (χ3v) is 2.22. The Hall–Kier alpha value is -1.85. The number of rotatable bonds is 4. The van der Waals surface area contributed by atoms with E-state index in [1.807, 2.05) is 19.0 Å². The Balaban J connectivity index is 2.44. The fourth-order valence-electron chi connectivity index (χ4n) is 1.45. The van der Waals surface area contributed by atoms with Gasteiger partial charge in [-0.15, -0.1) is 0 Å². The van der Waals surface area contributed by atoms with E-state index in [-0.39, 0.29) is 0 Å². The number of fused-ring (bicyclic) bond motifs is 1. The van der Waals surface area contributed by atoms with Crippen LogP contribution in [-0.4, -0.2) is 40.6 Å². The zero-order chi connectivity index (χ0) is 11.5. The van der Waals surface area contributed by atoms with Crippen LogP contribution in [0.25, 0.3) is 11.2 Å². The molecule has 0 aromatic carbocycles. The molecule has 0 fully saturated rings. The minimum Gasteiger partial charge on any atom is -0.361 e. The van der Waals surface area contributed by atoms with Crippen LogP contribution >= 0.6 is 0 Å². The van der Waals surface area contributed by atoms with E-state index in [0.29, 0.717) is 5.95 Å². The Kier molecular flexibility index (Phi) is 2.89. The molecule has 0 amide bonds. The lowest BCUT2D eigenvalue weighted by atomic mass is 10.4. The molecule has 0 atom stereocenters. The second kappa shape index (κ2) is 4.34. The molecule has 2 rings (SSSR count). The van der Waals surface area contributed by atoms with Crippen LogP contribution in [0, 0.1) is 0 Å². The first-order chi connectivity index (χ1) is 7.72. The Labute approximate surface area is 94.1 Å². The van der Waals surface area contributed by atoms with Crippen molar-refractivity contribution in [2.75, 3.05) is 30.9 Å². The molecule has 0 aliphatic carbocycles. The minimum atomic E-state index is 0.641. The number of imidazole rings is 1. The van der Waals surface area contributed by atoms with Crippen molar-refractivity contribution in [1.82, 2.24) is 19.9 Å². The quantitative estimate of drug-likeness (QED) is 0.811. The van der Waals surface area contributed by atoms with Gasteiger partial charge in [-0.3, -0.25) is 0 Å². The fraction of sp³-hybridized carbons (Fsp3) is 0.500. The van der Waals surface area contributed by atoms with Crippen LogP contribution < -0.4 is 10.2 Å². The number of H-pyrrole nitrogens is 1. The van der Waals surface area contributed by atoms with E-state index in [0.717, 1.165) is 29.9 Å². The van der Waals surface area contributed by atoms with Crippen LogP contribution in [-0.2, 0) is 0 Å². The van der Waals surface area contributed by atoms with E-state index in [9.17, 15) is 0 Å². The number of hydrogen-bond acceptors (Lipinski definition) is 5. The molecule has 16 heavy (non-hydrogen) atoms.